The quantitative estimate of drug-likeness (QED) is 0.612. The van der Waals surface area contributed by atoms with Crippen molar-refractivity contribution in [2.45, 2.75) is 20.4 Å². The van der Waals surface area contributed by atoms with E-state index in [-0.39, 0.29) is 18.4 Å². The first-order valence-corrected chi connectivity index (χ1v) is 9.47. The topological polar surface area (TPSA) is 62.6 Å². The predicted octanol–water partition coefficient (Wildman–Crippen LogP) is 1.92. The van der Waals surface area contributed by atoms with E-state index in [2.05, 4.69) is 45.6 Å². The Bertz CT molecular complexity index is 750. The van der Waals surface area contributed by atoms with Crippen LogP contribution in [0, 0.1) is 6.92 Å². The smallest absolute Gasteiger partial charge is 0.275 e. The van der Waals surface area contributed by atoms with E-state index in [0.29, 0.717) is 6.54 Å². The van der Waals surface area contributed by atoms with Gasteiger partial charge >= 0.3 is 0 Å². The Hall–Kier alpha value is -2.18. The van der Waals surface area contributed by atoms with Crippen molar-refractivity contribution in [3.8, 4) is 0 Å². The summed E-state index contributed by atoms with van der Waals surface area (Å²) in [4.78, 5) is 25.4. The van der Waals surface area contributed by atoms with E-state index in [1.165, 1.54) is 5.56 Å². The standard InChI is InChI=1S/C20H24BrN3O2/c1-3-24(13-16-7-5-4-6-8-16)14-20(26)22-12-19(25)23-18-10-9-17(21)11-15(18)2/h4-11H,3,12-14H2,1-2H3,(H,22,26)(H,23,25)/p+1. The van der Waals surface area contributed by atoms with Gasteiger partial charge in [0.1, 0.15) is 6.54 Å². The number of rotatable bonds is 8. The first kappa shape index (κ1) is 20.1. The fraction of sp³-hybridized carbons (Fsp3) is 0.300. The molecule has 0 heterocycles. The summed E-state index contributed by atoms with van der Waals surface area (Å²) >= 11 is 3.39. The summed E-state index contributed by atoms with van der Waals surface area (Å²) in [5.74, 6) is -0.356. The van der Waals surface area contributed by atoms with E-state index in [0.717, 1.165) is 33.7 Å². The SMILES string of the molecule is CC[NH+](CC(=O)NCC(=O)Nc1ccc(Br)cc1C)Cc1ccccc1. The molecule has 5 nitrogen and oxygen atoms in total. The third-order valence-corrected chi connectivity index (χ3v) is 4.61. The molecule has 2 aromatic carbocycles. The number of nitrogens with one attached hydrogen (secondary N) is 3. The number of hydrogen-bond acceptors (Lipinski definition) is 2. The van der Waals surface area contributed by atoms with Crippen LogP contribution in [-0.4, -0.2) is 31.4 Å². The van der Waals surface area contributed by atoms with Crippen LogP contribution in [0.25, 0.3) is 0 Å². The molecule has 0 bridgehead atoms. The molecule has 2 rings (SSSR count). The normalized spacial score (nSPS) is 11.7. The number of carbonyl (C=O) groups excluding carboxylic acids is 2. The van der Waals surface area contributed by atoms with Crippen molar-refractivity contribution in [3.63, 3.8) is 0 Å². The van der Waals surface area contributed by atoms with Gasteiger partial charge in [0.15, 0.2) is 6.54 Å². The maximum absolute atomic E-state index is 12.2. The van der Waals surface area contributed by atoms with Crippen LogP contribution in [0.5, 0.6) is 0 Å². The molecule has 6 heteroatoms. The Labute approximate surface area is 162 Å². The number of likely N-dealkylation sites (N-methyl/N-ethyl adjacent to an activating group) is 1. The van der Waals surface area contributed by atoms with Crippen LogP contribution in [0.1, 0.15) is 18.1 Å². The van der Waals surface area contributed by atoms with Crippen molar-refractivity contribution >= 4 is 33.4 Å². The number of benzene rings is 2. The highest BCUT2D eigenvalue weighted by Crippen LogP contribution is 2.19. The second-order valence-electron chi connectivity index (χ2n) is 6.23. The first-order valence-electron chi connectivity index (χ1n) is 8.68. The molecule has 0 aliphatic rings. The van der Waals surface area contributed by atoms with E-state index < -0.39 is 0 Å². The van der Waals surface area contributed by atoms with Crippen molar-refractivity contribution in [2.75, 3.05) is 25.0 Å². The lowest BCUT2D eigenvalue weighted by Gasteiger charge is -2.17. The Morgan fingerprint density at radius 2 is 1.81 bits per heavy atom. The molecule has 0 aromatic heterocycles. The van der Waals surface area contributed by atoms with Gasteiger partial charge in [0.05, 0.1) is 13.1 Å². The number of halogens is 1. The zero-order chi connectivity index (χ0) is 18.9. The minimum atomic E-state index is -0.232. The molecular formula is C20H25BrN3O2+. The van der Waals surface area contributed by atoms with Crippen molar-refractivity contribution < 1.29 is 14.5 Å². The molecule has 0 aliphatic carbocycles. The molecule has 1 unspecified atom stereocenters. The number of carbonyl (C=O) groups is 2. The number of anilines is 1. The monoisotopic (exact) mass is 418 g/mol. The lowest BCUT2D eigenvalue weighted by atomic mass is 10.2. The minimum Gasteiger partial charge on any atom is -0.342 e. The highest BCUT2D eigenvalue weighted by Gasteiger charge is 2.14. The second-order valence-corrected chi connectivity index (χ2v) is 7.14. The van der Waals surface area contributed by atoms with Crippen LogP contribution < -0.4 is 15.5 Å². The molecule has 0 saturated heterocycles. The third-order valence-electron chi connectivity index (χ3n) is 4.12. The summed E-state index contributed by atoms with van der Waals surface area (Å²) in [5, 5.41) is 5.52. The van der Waals surface area contributed by atoms with Gasteiger partial charge in [-0.1, -0.05) is 46.3 Å². The van der Waals surface area contributed by atoms with E-state index in [1.54, 1.807) is 0 Å². The molecule has 0 saturated carbocycles. The van der Waals surface area contributed by atoms with Gasteiger partial charge in [0.2, 0.25) is 5.91 Å². The van der Waals surface area contributed by atoms with Gasteiger partial charge < -0.3 is 15.5 Å². The maximum Gasteiger partial charge on any atom is 0.275 e. The molecule has 2 amide bonds. The molecule has 2 aromatic rings. The fourth-order valence-electron chi connectivity index (χ4n) is 2.63. The molecule has 138 valence electrons. The Kier molecular flexibility index (Phi) is 7.81. The van der Waals surface area contributed by atoms with Crippen LogP contribution >= 0.6 is 15.9 Å². The van der Waals surface area contributed by atoms with Gasteiger partial charge in [-0.05, 0) is 37.6 Å². The number of aryl methyl sites for hydroxylation is 1. The highest BCUT2D eigenvalue weighted by molar-refractivity contribution is 9.10. The van der Waals surface area contributed by atoms with Crippen LogP contribution in [0.3, 0.4) is 0 Å². The van der Waals surface area contributed by atoms with Crippen molar-refractivity contribution in [1.82, 2.24) is 5.32 Å². The molecule has 0 spiro atoms. The number of amides is 2. The minimum absolute atomic E-state index is 0.0311. The van der Waals surface area contributed by atoms with E-state index in [4.69, 9.17) is 0 Å². The number of hydrogen-bond donors (Lipinski definition) is 3. The van der Waals surface area contributed by atoms with Crippen LogP contribution in [0.2, 0.25) is 0 Å². The van der Waals surface area contributed by atoms with Crippen molar-refractivity contribution in [2.24, 2.45) is 0 Å². The Morgan fingerprint density at radius 3 is 2.46 bits per heavy atom. The van der Waals surface area contributed by atoms with Crippen LogP contribution in [0.15, 0.2) is 53.0 Å². The third kappa shape index (κ3) is 6.61. The summed E-state index contributed by atoms with van der Waals surface area (Å²) in [6.45, 7) is 5.91. The lowest BCUT2D eigenvalue weighted by Crippen LogP contribution is -3.11. The molecule has 0 aliphatic heterocycles. The van der Waals surface area contributed by atoms with Gasteiger partial charge in [-0.15, -0.1) is 0 Å². The number of quaternary nitrogens is 1. The summed E-state index contributed by atoms with van der Waals surface area (Å²) in [7, 11) is 0. The molecule has 0 radical (unpaired) electrons. The summed E-state index contributed by atoms with van der Waals surface area (Å²) in [6.07, 6.45) is 0. The lowest BCUT2D eigenvalue weighted by molar-refractivity contribution is -0.904. The van der Waals surface area contributed by atoms with Gasteiger partial charge in [-0.3, -0.25) is 9.59 Å². The van der Waals surface area contributed by atoms with Crippen molar-refractivity contribution in [3.05, 3.63) is 64.1 Å². The summed E-state index contributed by atoms with van der Waals surface area (Å²) in [5.41, 5.74) is 2.90. The van der Waals surface area contributed by atoms with E-state index >= 15 is 0 Å². The fourth-order valence-corrected chi connectivity index (χ4v) is 3.10. The molecule has 0 fully saturated rings. The van der Waals surface area contributed by atoms with Gasteiger partial charge in [-0.25, -0.2) is 0 Å². The predicted molar refractivity (Wildman–Crippen MR) is 107 cm³/mol. The zero-order valence-electron chi connectivity index (χ0n) is 15.1. The average molecular weight is 419 g/mol. The largest absolute Gasteiger partial charge is 0.342 e. The van der Waals surface area contributed by atoms with Crippen LogP contribution in [0.4, 0.5) is 5.69 Å². The first-order chi connectivity index (χ1) is 12.5. The molecule has 26 heavy (non-hydrogen) atoms. The van der Waals surface area contributed by atoms with Gasteiger partial charge in [-0.2, -0.15) is 0 Å². The van der Waals surface area contributed by atoms with Gasteiger partial charge in [0, 0.05) is 15.7 Å². The zero-order valence-corrected chi connectivity index (χ0v) is 16.7. The Balaban J connectivity index is 1.78. The summed E-state index contributed by atoms with van der Waals surface area (Å²) < 4.78 is 0.961. The summed E-state index contributed by atoms with van der Waals surface area (Å²) in [6, 6.07) is 15.7. The van der Waals surface area contributed by atoms with Gasteiger partial charge in [0.25, 0.3) is 5.91 Å². The van der Waals surface area contributed by atoms with E-state index in [1.807, 2.05) is 43.3 Å². The molecule has 1 atom stereocenters. The molecular weight excluding hydrogens is 394 g/mol. The highest BCUT2D eigenvalue weighted by atomic mass is 79.9. The maximum atomic E-state index is 12.2. The molecule has 3 N–H and O–H groups in total. The Morgan fingerprint density at radius 1 is 1.08 bits per heavy atom. The average Bonchev–Trinajstić information content (AvgIpc) is 2.62. The van der Waals surface area contributed by atoms with Crippen LogP contribution in [-0.2, 0) is 16.1 Å². The second kappa shape index (κ2) is 10.1. The van der Waals surface area contributed by atoms with Crippen molar-refractivity contribution in [1.29, 1.82) is 0 Å². The van der Waals surface area contributed by atoms with E-state index in [9.17, 15) is 9.59 Å².